The average Bonchev–Trinajstić information content (AvgIpc) is 3.06. The molecule has 0 radical (unpaired) electrons. The van der Waals surface area contributed by atoms with Gasteiger partial charge in [-0.3, -0.25) is 19.7 Å². The Kier molecular flexibility index (Phi) is 4.25. The highest BCUT2D eigenvalue weighted by Gasteiger charge is 2.28. The Morgan fingerprint density at radius 1 is 1.33 bits per heavy atom. The van der Waals surface area contributed by atoms with E-state index in [0.29, 0.717) is 10.6 Å². The second-order valence-corrected chi connectivity index (χ2v) is 6.84. The zero-order valence-electron chi connectivity index (χ0n) is 12.3. The standard InChI is InChI=1S/C15H12ClN3O4S/c16-7-4-5-8(10(6-7)19(22)23)14(21)18-15-12(13(17)20)9-2-1-3-11(9)24-15/h4-6H,1-3H2,(H2,17,20)(H,18,21). The number of nitrogens with zero attached hydrogens (tertiary/aromatic N) is 1. The topological polar surface area (TPSA) is 115 Å². The summed E-state index contributed by atoms with van der Waals surface area (Å²) in [5.74, 6) is -1.30. The van der Waals surface area contributed by atoms with Crippen molar-refractivity contribution in [2.75, 3.05) is 5.32 Å². The summed E-state index contributed by atoms with van der Waals surface area (Å²) >= 11 is 7.04. The van der Waals surface area contributed by atoms with Gasteiger partial charge >= 0.3 is 0 Å². The number of amides is 2. The molecule has 0 unspecified atom stereocenters. The fourth-order valence-electron chi connectivity index (χ4n) is 2.77. The number of hydrogen-bond donors (Lipinski definition) is 2. The Bertz CT molecular complexity index is 878. The number of carbonyl (C=O) groups excluding carboxylic acids is 2. The second-order valence-electron chi connectivity index (χ2n) is 5.30. The molecule has 24 heavy (non-hydrogen) atoms. The van der Waals surface area contributed by atoms with Gasteiger partial charge in [-0.1, -0.05) is 11.6 Å². The number of nitrogens with one attached hydrogen (secondary N) is 1. The summed E-state index contributed by atoms with van der Waals surface area (Å²) in [5.41, 5.74) is 6.08. The third-order valence-electron chi connectivity index (χ3n) is 3.80. The Morgan fingerprint density at radius 2 is 2.08 bits per heavy atom. The number of carbonyl (C=O) groups is 2. The highest BCUT2D eigenvalue weighted by Crippen LogP contribution is 2.39. The summed E-state index contributed by atoms with van der Waals surface area (Å²) in [5, 5.41) is 14.2. The van der Waals surface area contributed by atoms with E-state index in [-0.39, 0.29) is 10.6 Å². The fourth-order valence-corrected chi connectivity index (χ4v) is 4.23. The molecule has 1 heterocycles. The molecule has 9 heteroatoms. The maximum absolute atomic E-state index is 12.4. The molecule has 2 aromatic rings. The van der Waals surface area contributed by atoms with Crippen molar-refractivity contribution in [3.63, 3.8) is 0 Å². The summed E-state index contributed by atoms with van der Waals surface area (Å²) in [4.78, 5) is 35.6. The van der Waals surface area contributed by atoms with E-state index < -0.39 is 22.4 Å². The molecule has 1 aliphatic carbocycles. The number of anilines is 1. The van der Waals surface area contributed by atoms with Crippen molar-refractivity contribution in [1.29, 1.82) is 0 Å². The first-order chi connectivity index (χ1) is 11.4. The number of fused-ring (bicyclic) bond motifs is 1. The lowest BCUT2D eigenvalue weighted by atomic mass is 10.1. The molecule has 0 aliphatic heterocycles. The van der Waals surface area contributed by atoms with Crippen molar-refractivity contribution in [1.82, 2.24) is 0 Å². The van der Waals surface area contributed by atoms with Crippen LogP contribution in [0.4, 0.5) is 10.7 Å². The lowest BCUT2D eigenvalue weighted by Gasteiger charge is -2.07. The molecule has 1 aromatic carbocycles. The maximum atomic E-state index is 12.4. The van der Waals surface area contributed by atoms with Crippen molar-refractivity contribution in [3.05, 3.63) is 54.9 Å². The highest BCUT2D eigenvalue weighted by atomic mass is 35.5. The van der Waals surface area contributed by atoms with E-state index in [1.807, 2.05) is 0 Å². The van der Waals surface area contributed by atoms with Gasteiger partial charge in [0.2, 0.25) is 0 Å². The Labute approximate surface area is 145 Å². The molecule has 0 saturated carbocycles. The molecule has 1 aliphatic rings. The molecule has 1 aromatic heterocycles. The number of nitro benzene ring substituents is 1. The van der Waals surface area contributed by atoms with Gasteiger partial charge in [0.1, 0.15) is 10.6 Å². The van der Waals surface area contributed by atoms with E-state index in [4.69, 9.17) is 17.3 Å². The summed E-state index contributed by atoms with van der Waals surface area (Å²) in [6.07, 6.45) is 2.51. The summed E-state index contributed by atoms with van der Waals surface area (Å²) < 4.78 is 0. The van der Waals surface area contributed by atoms with Crippen LogP contribution in [0.1, 0.15) is 37.6 Å². The van der Waals surface area contributed by atoms with Gasteiger partial charge in [-0.2, -0.15) is 0 Å². The van der Waals surface area contributed by atoms with Crippen LogP contribution in [0.2, 0.25) is 5.02 Å². The quantitative estimate of drug-likeness (QED) is 0.639. The van der Waals surface area contributed by atoms with Crippen LogP contribution in [0.25, 0.3) is 0 Å². The van der Waals surface area contributed by atoms with E-state index in [1.165, 1.54) is 23.5 Å². The minimum atomic E-state index is -0.680. The molecule has 0 bridgehead atoms. The largest absolute Gasteiger partial charge is 0.365 e. The predicted octanol–water partition coefficient (Wildman–Crippen LogP) is 3.15. The van der Waals surface area contributed by atoms with Crippen molar-refractivity contribution >= 4 is 45.4 Å². The fraction of sp³-hybridized carbons (Fsp3) is 0.200. The second kappa shape index (κ2) is 6.21. The number of rotatable bonds is 4. The van der Waals surface area contributed by atoms with Gasteiger partial charge in [-0.15, -0.1) is 11.3 Å². The molecule has 7 nitrogen and oxygen atoms in total. The van der Waals surface area contributed by atoms with Gasteiger partial charge in [-0.05, 0) is 37.0 Å². The summed E-state index contributed by atoms with van der Waals surface area (Å²) in [6.45, 7) is 0. The number of hydrogen-bond acceptors (Lipinski definition) is 5. The molecule has 3 rings (SSSR count). The maximum Gasteiger partial charge on any atom is 0.283 e. The van der Waals surface area contributed by atoms with E-state index >= 15 is 0 Å². The Balaban J connectivity index is 1.97. The molecule has 0 fully saturated rings. The summed E-state index contributed by atoms with van der Waals surface area (Å²) in [7, 11) is 0. The van der Waals surface area contributed by atoms with Crippen LogP contribution in [0.5, 0.6) is 0 Å². The third kappa shape index (κ3) is 2.85. The van der Waals surface area contributed by atoms with E-state index in [9.17, 15) is 19.7 Å². The monoisotopic (exact) mass is 365 g/mol. The molecular formula is C15H12ClN3O4S. The minimum absolute atomic E-state index is 0.131. The van der Waals surface area contributed by atoms with Crippen LogP contribution in [-0.2, 0) is 12.8 Å². The van der Waals surface area contributed by atoms with Crippen LogP contribution in [0, 0.1) is 10.1 Å². The van der Waals surface area contributed by atoms with Gasteiger partial charge in [0.05, 0.1) is 10.5 Å². The number of nitro groups is 1. The van der Waals surface area contributed by atoms with Crippen LogP contribution in [0.3, 0.4) is 0 Å². The molecule has 0 atom stereocenters. The van der Waals surface area contributed by atoms with E-state index in [2.05, 4.69) is 5.32 Å². The lowest BCUT2D eigenvalue weighted by Crippen LogP contribution is -2.18. The third-order valence-corrected chi connectivity index (χ3v) is 5.24. The van der Waals surface area contributed by atoms with Gasteiger partial charge in [-0.25, -0.2) is 0 Å². The number of aryl methyl sites for hydroxylation is 1. The number of benzene rings is 1. The molecule has 2 amide bonds. The van der Waals surface area contributed by atoms with Crippen molar-refractivity contribution in [2.24, 2.45) is 5.73 Å². The van der Waals surface area contributed by atoms with Gasteiger partial charge in [0.15, 0.2) is 0 Å². The zero-order chi connectivity index (χ0) is 17.4. The molecular weight excluding hydrogens is 354 g/mol. The first-order valence-electron chi connectivity index (χ1n) is 7.08. The first kappa shape index (κ1) is 16.4. The molecule has 3 N–H and O–H groups in total. The smallest absolute Gasteiger partial charge is 0.283 e. The van der Waals surface area contributed by atoms with Gasteiger partial charge < -0.3 is 11.1 Å². The number of halogens is 1. The Hall–Kier alpha value is -2.45. The normalized spacial score (nSPS) is 12.7. The molecule has 0 spiro atoms. The minimum Gasteiger partial charge on any atom is -0.365 e. The van der Waals surface area contributed by atoms with Crippen LogP contribution in [0.15, 0.2) is 18.2 Å². The summed E-state index contributed by atoms with van der Waals surface area (Å²) in [6, 6.07) is 3.79. The van der Waals surface area contributed by atoms with E-state index in [1.54, 1.807) is 0 Å². The van der Waals surface area contributed by atoms with Crippen LogP contribution < -0.4 is 11.1 Å². The predicted molar refractivity (Wildman–Crippen MR) is 90.9 cm³/mol. The van der Waals surface area contributed by atoms with Crippen molar-refractivity contribution in [2.45, 2.75) is 19.3 Å². The van der Waals surface area contributed by atoms with Crippen LogP contribution >= 0.6 is 22.9 Å². The molecule has 124 valence electrons. The highest BCUT2D eigenvalue weighted by molar-refractivity contribution is 7.17. The number of nitrogens with two attached hydrogens (primary N) is 1. The van der Waals surface area contributed by atoms with Crippen LogP contribution in [-0.4, -0.2) is 16.7 Å². The Morgan fingerprint density at radius 3 is 2.75 bits per heavy atom. The SMILES string of the molecule is NC(=O)c1c(NC(=O)c2ccc(Cl)cc2[N+](=O)[O-])sc2c1CCC2. The van der Waals surface area contributed by atoms with Gasteiger partial charge in [0.25, 0.3) is 17.5 Å². The lowest BCUT2D eigenvalue weighted by molar-refractivity contribution is -0.385. The van der Waals surface area contributed by atoms with Crippen molar-refractivity contribution in [3.8, 4) is 0 Å². The molecule has 0 saturated heterocycles. The average molecular weight is 366 g/mol. The number of primary amides is 1. The first-order valence-corrected chi connectivity index (χ1v) is 8.27. The van der Waals surface area contributed by atoms with Crippen molar-refractivity contribution < 1.29 is 14.5 Å². The van der Waals surface area contributed by atoms with Gasteiger partial charge in [0, 0.05) is 16.0 Å². The van der Waals surface area contributed by atoms with E-state index in [0.717, 1.165) is 35.8 Å². The zero-order valence-corrected chi connectivity index (χ0v) is 13.9. The number of thiophene rings is 1.